The Labute approximate surface area is 122 Å². The number of rotatable bonds is 6. The number of sulfonamides is 1. The summed E-state index contributed by atoms with van der Waals surface area (Å²) in [5, 5.41) is 1.97. The quantitative estimate of drug-likeness (QED) is 0.620. The number of hydrogen-bond acceptors (Lipinski definition) is 6. The molecular formula is C12H16N4O2S2. The molecule has 6 nitrogen and oxygen atoms in total. The molecule has 0 radical (unpaired) electrons. The van der Waals surface area contributed by atoms with Gasteiger partial charge in [0.2, 0.25) is 10.0 Å². The van der Waals surface area contributed by atoms with E-state index in [-0.39, 0.29) is 10.7 Å². The van der Waals surface area contributed by atoms with E-state index in [1.54, 1.807) is 24.5 Å². The number of nitrogens with one attached hydrogen (secondary N) is 1. The van der Waals surface area contributed by atoms with Crippen molar-refractivity contribution in [3.8, 4) is 0 Å². The first-order valence-electron chi connectivity index (χ1n) is 5.96. The van der Waals surface area contributed by atoms with Crippen LogP contribution in [0.15, 0.2) is 40.7 Å². The van der Waals surface area contributed by atoms with Crippen LogP contribution in [0.4, 0.5) is 5.82 Å². The van der Waals surface area contributed by atoms with Gasteiger partial charge in [0.25, 0.3) is 0 Å². The zero-order valence-electron chi connectivity index (χ0n) is 11.0. The predicted octanol–water partition coefficient (Wildman–Crippen LogP) is 1.29. The second-order valence-corrected chi connectivity index (χ2v) is 7.20. The van der Waals surface area contributed by atoms with Crippen LogP contribution < -0.4 is 11.3 Å². The van der Waals surface area contributed by atoms with Gasteiger partial charge in [0.05, 0.1) is 0 Å². The largest absolute Gasteiger partial charge is 0.307 e. The summed E-state index contributed by atoms with van der Waals surface area (Å²) >= 11 is 1.61. The fraction of sp³-hybridized carbons (Fsp3) is 0.250. The number of nitrogens with two attached hydrogens (primary N) is 1. The minimum absolute atomic E-state index is 0.0798. The summed E-state index contributed by atoms with van der Waals surface area (Å²) in [5.74, 6) is 5.45. The van der Waals surface area contributed by atoms with Crippen molar-refractivity contribution < 1.29 is 8.42 Å². The van der Waals surface area contributed by atoms with Gasteiger partial charge in [0.15, 0.2) is 5.82 Å². The van der Waals surface area contributed by atoms with Crippen LogP contribution >= 0.6 is 11.3 Å². The third-order valence-corrected chi connectivity index (χ3v) is 5.67. The standard InChI is InChI=1S/C12H16N4O2S2/c1-16(8-6-10-4-3-9-19-10)20(17,18)11-5-2-7-14-12(11)15-13/h2-5,7,9H,6,8,13H2,1H3,(H,14,15). The second kappa shape index (κ2) is 6.31. The highest BCUT2D eigenvalue weighted by molar-refractivity contribution is 7.89. The summed E-state index contributed by atoms with van der Waals surface area (Å²) < 4.78 is 26.2. The molecule has 0 aliphatic rings. The van der Waals surface area contributed by atoms with Crippen molar-refractivity contribution in [2.75, 3.05) is 19.0 Å². The lowest BCUT2D eigenvalue weighted by Crippen LogP contribution is -2.30. The molecule has 0 aliphatic heterocycles. The van der Waals surface area contributed by atoms with Crippen molar-refractivity contribution in [1.82, 2.24) is 9.29 Å². The highest BCUT2D eigenvalue weighted by atomic mass is 32.2. The Balaban J connectivity index is 2.16. The van der Waals surface area contributed by atoms with Crippen LogP contribution in [0.1, 0.15) is 4.88 Å². The molecule has 2 rings (SSSR count). The molecule has 0 aliphatic carbocycles. The lowest BCUT2D eigenvalue weighted by atomic mass is 10.3. The fourth-order valence-corrected chi connectivity index (χ4v) is 3.69. The van der Waals surface area contributed by atoms with E-state index in [1.807, 2.05) is 17.5 Å². The lowest BCUT2D eigenvalue weighted by molar-refractivity contribution is 0.473. The molecule has 0 unspecified atom stereocenters. The summed E-state index contributed by atoms with van der Waals surface area (Å²) in [5.41, 5.74) is 2.31. The first-order valence-corrected chi connectivity index (χ1v) is 8.28. The molecule has 20 heavy (non-hydrogen) atoms. The molecule has 0 atom stereocenters. The number of anilines is 1. The van der Waals surface area contributed by atoms with Gasteiger partial charge in [-0.3, -0.25) is 0 Å². The van der Waals surface area contributed by atoms with Crippen molar-refractivity contribution in [1.29, 1.82) is 0 Å². The monoisotopic (exact) mass is 312 g/mol. The average Bonchev–Trinajstić information content (AvgIpc) is 2.97. The number of thiophene rings is 1. The number of nitrogen functional groups attached to an aromatic ring is 1. The van der Waals surface area contributed by atoms with Crippen LogP contribution in [0, 0.1) is 0 Å². The molecule has 2 aromatic rings. The van der Waals surface area contributed by atoms with Gasteiger partial charge in [0, 0.05) is 24.7 Å². The highest BCUT2D eigenvalue weighted by Gasteiger charge is 2.24. The van der Waals surface area contributed by atoms with Crippen molar-refractivity contribution in [2.45, 2.75) is 11.3 Å². The average molecular weight is 312 g/mol. The Morgan fingerprint density at radius 1 is 1.40 bits per heavy atom. The minimum Gasteiger partial charge on any atom is -0.307 e. The molecule has 0 bridgehead atoms. The van der Waals surface area contributed by atoms with Crippen molar-refractivity contribution in [3.05, 3.63) is 40.7 Å². The summed E-state index contributed by atoms with van der Waals surface area (Å²) in [6.07, 6.45) is 2.17. The summed E-state index contributed by atoms with van der Waals surface area (Å²) in [7, 11) is -2.05. The molecular weight excluding hydrogens is 296 g/mol. The van der Waals surface area contributed by atoms with Gasteiger partial charge >= 0.3 is 0 Å². The smallest absolute Gasteiger partial charge is 0.246 e. The maximum absolute atomic E-state index is 12.5. The van der Waals surface area contributed by atoms with Gasteiger partial charge in [0.1, 0.15) is 4.90 Å². The van der Waals surface area contributed by atoms with Crippen molar-refractivity contribution in [3.63, 3.8) is 0 Å². The molecule has 0 spiro atoms. The Kier molecular flexibility index (Phi) is 4.71. The Morgan fingerprint density at radius 2 is 2.20 bits per heavy atom. The van der Waals surface area contributed by atoms with E-state index in [0.29, 0.717) is 13.0 Å². The Hall–Kier alpha value is -1.48. The van der Waals surface area contributed by atoms with E-state index >= 15 is 0 Å². The van der Waals surface area contributed by atoms with Gasteiger partial charge in [-0.15, -0.1) is 11.3 Å². The number of hydrogen-bond donors (Lipinski definition) is 2. The first-order chi connectivity index (χ1) is 9.55. The number of likely N-dealkylation sites (N-methyl/N-ethyl adjacent to an activating group) is 1. The molecule has 0 aromatic carbocycles. The first kappa shape index (κ1) is 14.9. The van der Waals surface area contributed by atoms with Crippen LogP contribution in [0.25, 0.3) is 0 Å². The zero-order chi connectivity index (χ0) is 14.6. The number of pyridine rings is 1. The van der Waals surface area contributed by atoms with Crippen LogP contribution in [0.3, 0.4) is 0 Å². The van der Waals surface area contributed by atoms with Crippen molar-refractivity contribution >= 4 is 27.2 Å². The fourth-order valence-electron chi connectivity index (χ4n) is 1.72. The predicted molar refractivity (Wildman–Crippen MR) is 79.9 cm³/mol. The third kappa shape index (κ3) is 3.15. The van der Waals surface area contributed by atoms with Gasteiger partial charge in [-0.2, -0.15) is 0 Å². The van der Waals surface area contributed by atoms with E-state index < -0.39 is 10.0 Å². The molecule has 108 valence electrons. The second-order valence-electron chi connectivity index (χ2n) is 4.15. The lowest BCUT2D eigenvalue weighted by Gasteiger charge is -2.18. The molecule has 0 saturated carbocycles. The Morgan fingerprint density at radius 3 is 2.85 bits per heavy atom. The molecule has 0 fully saturated rings. The van der Waals surface area contributed by atoms with E-state index in [9.17, 15) is 8.42 Å². The maximum Gasteiger partial charge on any atom is 0.246 e. The van der Waals surface area contributed by atoms with Gasteiger partial charge in [-0.25, -0.2) is 23.5 Å². The van der Waals surface area contributed by atoms with E-state index in [1.165, 1.54) is 16.6 Å². The summed E-state index contributed by atoms with van der Waals surface area (Å²) in [6, 6.07) is 6.99. The maximum atomic E-state index is 12.5. The SMILES string of the molecule is CN(CCc1cccs1)S(=O)(=O)c1cccnc1NN. The van der Waals surface area contributed by atoms with Crippen LogP contribution in [-0.4, -0.2) is 31.3 Å². The topological polar surface area (TPSA) is 88.3 Å². The Bertz CT molecular complexity index is 656. The highest BCUT2D eigenvalue weighted by Crippen LogP contribution is 2.21. The van der Waals surface area contributed by atoms with Gasteiger partial charge in [-0.05, 0) is 30.0 Å². The molecule has 3 N–H and O–H groups in total. The molecule has 0 amide bonds. The molecule has 2 aromatic heterocycles. The van der Waals surface area contributed by atoms with Gasteiger partial charge in [-0.1, -0.05) is 6.07 Å². The minimum atomic E-state index is -3.60. The van der Waals surface area contributed by atoms with Crippen LogP contribution in [0.5, 0.6) is 0 Å². The van der Waals surface area contributed by atoms with Crippen molar-refractivity contribution in [2.24, 2.45) is 5.84 Å². The zero-order valence-corrected chi connectivity index (χ0v) is 12.6. The van der Waals surface area contributed by atoms with E-state index in [4.69, 9.17) is 5.84 Å². The number of aromatic nitrogens is 1. The number of nitrogens with zero attached hydrogens (tertiary/aromatic N) is 2. The van der Waals surface area contributed by atoms with Crippen LogP contribution in [0.2, 0.25) is 0 Å². The van der Waals surface area contributed by atoms with E-state index in [2.05, 4.69) is 10.4 Å². The van der Waals surface area contributed by atoms with E-state index in [0.717, 1.165) is 4.88 Å². The molecule has 8 heteroatoms. The van der Waals surface area contributed by atoms with Crippen LogP contribution in [-0.2, 0) is 16.4 Å². The van der Waals surface area contributed by atoms with Gasteiger partial charge < -0.3 is 5.43 Å². The normalized spacial score (nSPS) is 11.8. The summed E-state index contributed by atoms with van der Waals surface area (Å²) in [4.78, 5) is 5.14. The molecule has 0 saturated heterocycles. The summed E-state index contributed by atoms with van der Waals surface area (Å²) in [6.45, 7) is 0.405. The third-order valence-electron chi connectivity index (χ3n) is 2.85. The number of hydrazine groups is 1. The molecule has 2 heterocycles.